The van der Waals surface area contributed by atoms with Gasteiger partial charge in [-0.15, -0.1) is 0 Å². The highest BCUT2D eigenvalue weighted by atomic mass is 32.2. The van der Waals surface area contributed by atoms with Gasteiger partial charge in [-0.1, -0.05) is 13.8 Å². The number of rotatable bonds is 8. The van der Waals surface area contributed by atoms with Gasteiger partial charge in [0.15, 0.2) is 5.96 Å². The first kappa shape index (κ1) is 24.0. The van der Waals surface area contributed by atoms with E-state index in [0.29, 0.717) is 38.7 Å². The lowest BCUT2D eigenvalue weighted by atomic mass is 10.2. The van der Waals surface area contributed by atoms with E-state index in [1.54, 1.807) is 13.8 Å². The molecule has 0 aromatic rings. The van der Waals surface area contributed by atoms with E-state index in [9.17, 15) is 21.6 Å². The smallest absolute Gasteiger partial charge is 0.357 e. The Kier molecular flexibility index (Phi) is 9.29. The highest BCUT2D eigenvalue weighted by Gasteiger charge is 2.41. The maximum absolute atomic E-state index is 12.9. The molecule has 0 saturated carbocycles. The summed E-state index contributed by atoms with van der Waals surface area (Å²) < 4.78 is 64.4. The van der Waals surface area contributed by atoms with E-state index in [-0.39, 0.29) is 25.4 Å². The van der Waals surface area contributed by atoms with Gasteiger partial charge in [0.1, 0.15) is 6.04 Å². The van der Waals surface area contributed by atoms with Gasteiger partial charge < -0.3 is 10.2 Å². The number of piperazine rings is 1. The zero-order valence-corrected chi connectivity index (χ0v) is 17.4. The molecule has 1 atom stereocenters. The summed E-state index contributed by atoms with van der Waals surface area (Å²) in [4.78, 5) is 7.67. The zero-order chi connectivity index (χ0) is 20.7. The Bertz CT molecular complexity index is 571. The average molecular weight is 416 g/mol. The number of guanidine groups is 1. The Morgan fingerprint density at radius 3 is 2.15 bits per heavy atom. The molecule has 0 amide bonds. The molecule has 27 heavy (non-hydrogen) atoms. The molecule has 1 unspecified atom stereocenters. The van der Waals surface area contributed by atoms with Crippen molar-refractivity contribution >= 4 is 16.0 Å². The third-order valence-electron chi connectivity index (χ3n) is 4.68. The number of sulfonamides is 1. The van der Waals surface area contributed by atoms with Crippen molar-refractivity contribution < 1.29 is 21.6 Å². The van der Waals surface area contributed by atoms with Crippen LogP contribution in [0.4, 0.5) is 13.2 Å². The van der Waals surface area contributed by atoms with E-state index in [0.717, 1.165) is 0 Å². The minimum Gasteiger partial charge on any atom is -0.357 e. The van der Waals surface area contributed by atoms with Crippen LogP contribution >= 0.6 is 0 Å². The van der Waals surface area contributed by atoms with Crippen molar-refractivity contribution in [2.75, 3.05) is 58.1 Å². The molecule has 0 aromatic heterocycles. The summed E-state index contributed by atoms with van der Waals surface area (Å²) in [5, 5.41) is 3.10. The molecule has 0 aromatic carbocycles. The standard InChI is InChI=1S/C16H32F3N5O2S/c1-5-20-15(21-8-13-27(25,26)24(6-2)7-3)23-11-9-22(10-12-23)14(4)16(17,18)19/h14H,5-13H2,1-4H3,(H,20,21). The lowest BCUT2D eigenvalue weighted by Gasteiger charge is -2.39. The van der Waals surface area contributed by atoms with Crippen LogP contribution in [0.1, 0.15) is 27.7 Å². The number of hydrogen-bond donors (Lipinski definition) is 1. The van der Waals surface area contributed by atoms with Crippen LogP contribution in [0.2, 0.25) is 0 Å². The van der Waals surface area contributed by atoms with Crippen LogP contribution in [0.3, 0.4) is 0 Å². The third kappa shape index (κ3) is 7.11. The van der Waals surface area contributed by atoms with Gasteiger partial charge in [-0.2, -0.15) is 13.2 Å². The second kappa shape index (κ2) is 10.5. The van der Waals surface area contributed by atoms with Crippen LogP contribution in [0.25, 0.3) is 0 Å². The molecule has 1 N–H and O–H groups in total. The summed E-state index contributed by atoms with van der Waals surface area (Å²) in [6.45, 7) is 9.57. The van der Waals surface area contributed by atoms with Gasteiger partial charge in [-0.3, -0.25) is 9.89 Å². The minimum absolute atomic E-state index is 0.0886. The van der Waals surface area contributed by atoms with E-state index in [4.69, 9.17) is 0 Å². The maximum atomic E-state index is 12.9. The number of aliphatic imine (C=N–C) groups is 1. The first-order valence-electron chi connectivity index (χ1n) is 9.38. The van der Waals surface area contributed by atoms with Gasteiger partial charge in [0.25, 0.3) is 0 Å². The topological polar surface area (TPSA) is 68.2 Å². The predicted molar refractivity (Wildman–Crippen MR) is 101 cm³/mol. The Balaban J connectivity index is 2.68. The molecule has 0 bridgehead atoms. The van der Waals surface area contributed by atoms with E-state index in [1.165, 1.54) is 16.1 Å². The molecule has 1 aliphatic rings. The third-order valence-corrected chi connectivity index (χ3v) is 6.68. The van der Waals surface area contributed by atoms with Crippen molar-refractivity contribution in [3.05, 3.63) is 0 Å². The Morgan fingerprint density at radius 1 is 1.15 bits per heavy atom. The van der Waals surface area contributed by atoms with Crippen molar-refractivity contribution in [3.8, 4) is 0 Å². The molecule has 1 heterocycles. The molecule has 1 saturated heterocycles. The summed E-state index contributed by atoms with van der Waals surface area (Å²) >= 11 is 0. The van der Waals surface area contributed by atoms with Gasteiger partial charge in [0.2, 0.25) is 10.0 Å². The van der Waals surface area contributed by atoms with Crippen LogP contribution in [-0.2, 0) is 10.0 Å². The van der Waals surface area contributed by atoms with E-state index in [2.05, 4.69) is 10.3 Å². The molecule has 0 aliphatic carbocycles. The molecule has 0 radical (unpaired) electrons. The summed E-state index contributed by atoms with van der Waals surface area (Å²) in [7, 11) is -3.35. The highest BCUT2D eigenvalue weighted by Crippen LogP contribution is 2.25. The Morgan fingerprint density at radius 2 is 1.70 bits per heavy atom. The molecule has 0 spiro atoms. The van der Waals surface area contributed by atoms with Crippen molar-refractivity contribution in [1.82, 2.24) is 19.4 Å². The summed E-state index contributed by atoms with van der Waals surface area (Å²) in [5.74, 6) is 0.459. The Labute approximate surface area is 160 Å². The van der Waals surface area contributed by atoms with Crippen LogP contribution in [-0.4, -0.2) is 98.8 Å². The van der Waals surface area contributed by atoms with E-state index < -0.39 is 22.2 Å². The number of nitrogens with zero attached hydrogens (tertiary/aromatic N) is 4. The van der Waals surface area contributed by atoms with Gasteiger partial charge in [0, 0.05) is 45.8 Å². The molecule has 160 valence electrons. The number of hydrogen-bond acceptors (Lipinski definition) is 4. The second-order valence-corrected chi connectivity index (χ2v) is 8.47. The fourth-order valence-corrected chi connectivity index (χ4v) is 4.33. The van der Waals surface area contributed by atoms with Gasteiger partial charge in [-0.05, 0) is 13.8 Å². The molecule has 1 rings (SSSR count). The summed E-state index contributed by atoms with van der Waals surface area (Å²) in [6, 6.07) is -1.47. The number of alkyl halides is 3. The highest BCUT2D eigenvalue weighted by molar-refractivity contribution is 7.89. The first-order chi connectivity index (χ1) is 12.6. The normalized spacial score (nSPS) is 18.8. The second-order valence-electron chi connectivity index (χ2n) is 6.38. The predicted octanol–water partition coefficient (Wildman–Crippen LogP) is 1.19. The van der Waals surface area contributed by atoms with E-state index in [1.807, 2.05) is 11.8 Å². The maximum Gasteiger partial charge on any atom is 0.403 e. The number of halogens is 3. The van der Waals surface area contributed by atoms with Gasteiger partial charge in [-0.25, -0.2) is 12.7 Å². The number of nitrogens with one attached hydrogen (secondary N) is 1. The minimum atomic E-state index is -4.24. The van der Waals surface area contributed by atoms with Gasteiger partial charge in [0.05, 0.1) is 12.3 Å². The van der Waals surface area contributed by atoms with Crippen molar-refractivity contribution in [2.45, 2.75) is 39.9 Å². The van der Waals surface area contributed by atoms with Crippen LogP contribution in [0, 0.1) is 0 Å². The fourth-order valence-electron chi connectivity index (χ4n) is 2.97. The quantitative estimate of drug-likeness (QED) is 0.477. The Hall–Kier alpha value is -1.07. The van der Waals surface area contributed by atoms with Crippen molar-refractivity contribution in [2.24, 2.45) is 4.99 Å². The molecular formula is C16H32F3N5O2S. The van der Waals surface area contributed by atoms with Crippen LogP contribution in [0.15, 0.2) is 4.99 Å². The van der Waals surface area contributed by atoms with Crippen molar-refractivity contribution in [1.29, 1.82) is 0 Å². The molecular weight excluding hydrogens is 383 g/mol. The average Bonchev–Trinajstić information content (AvgIpc) is 2.60. The monoisotopic (exact) mass is 415 g/mol. The largest absolute Gasteiger partial charge is 0.403 e. The summed E-state index contributed by atoms with van der Waals surface area (Å²) in [5.41, 5.74) is 0. The van der Waals surface area contributed by atoms with Gasteiger partial charge >= 0.3 is 6.18 Å². The van der Waals surface area contributed by atoms with E-state index >= 15 is 0 Å². The first-order valence-corrected chi connectivity index (χ1v) is 11.0. The SMILES string of the molecule is CCNC(=NCCS(=O)(=O)N(CC)CC)N1CCN(C(C)C(F)(F)F)CC1. The van der Waals surface area contributed by atoms with Crippen molar-refractivity contribution in [3.63, 3.8) is 0 Å². The molecule has 1 aliphatic heterocycles. The lowest BCUT2D eigenvalue weighted by Crippen LogP contribution is -2.56. The molecule has 7 nitrogen and oxygen atoms in total. The van der Waals surface area contributed by atoms with Crippen LogP contribution in [0.5, 0.6) is 0 Å². The molecule has 11 heteroatoms. The van der Waals surface area contributed by atoms with Crippen LogP contribution < -0.4 is 5.32 Å². The zero-order valence-electron chi connectivity index (χ0n) is 16.6. The fraction of sp³-hybridized carbons (Fsp3) is 0.938. The molecule has 1 fully saturated rings. The lowest BCUT2D eigenvalue weighted by molar-refractivity contribution is -0.181. The summed E-state index contributed by atoms with van der Waals surface area (Å²) in [6.07, 6.45) is -4.24.